The highest BCUT2D eigenvalue weighted by Crippen LogP contribution is 2.26. The number of phenolic OH excluding ortho intramolecular Hbond substituents is 1. The molecule has 19 heavy (non-hydrogen) atoms. The second-order valence-corrected chi connectivity index (χ2v) is 5.10. The molecule has 1 heterocycles. The zero-order valence-electron chi connectivity index (χ0n) is 9.97. The minimum absolute atomic E-state index is 0.220. The summed E-state index contributed by atoms with van der Waals surface area (Å²) in [5, 5.41) is 10.4. The number of fused-ring (bicyclic) bond motifs is 1. The van der Waals surface area contributed by atoms with E-state index in [0.717, 1.165) is 26.8 Å². The molecule has 3 nitrogen and oxygen atoms in total. The smallest absolute Gasteiger partial charge is 0.134 e. The van der Waals surface area contributed by atoms with Crippen LogP contribution in [0.5, 0.6) is 11.5 Å². The Morgan fingerprint density at radius 1 is 1.16 bits per heavy atom. The van der Waals surface area contributed by atoms with Gasteiger partial charge in [0.25, 0.3) is 0 Å². The van der Waals surface area contributed by atoms with Crippen molar-refractivity contribution in [1.82, 2.24) is 0 Å². The zero-order chi connectivity index (χ0) is 13.2. The highest BCUT2D eigenvalue weighted by atomic mass is 79.9. The molecule has 3 rings (SSSR count). The number of ether oxygens (including phenoxy) is 1. The van der Waals surface area contributed by atoms with Crippen molar-refractivity contribution in [3.8, 4) is 11.5 Å². The van der Waals surface area contributed by atoms with Crippen LogP contribution in [-0.4, -0.2) is 5.11 Å². The van der Waals surface area contributed by atoms with E-state index in [1.165, 1.54) is 0 Å². The van der Waals surface area contributed by atoms with E-state index < -0.39 is 0 Å². The van der Waals surface area contributed by atoms with Crippen LogP contribution in [0.3, 0.4) is 0 Å². The van der Waals surface area contributed by atoms with Crippen molar-refractivity contribution in [3.05, 3.63) is 58.8 Å². The van der Waals surface area contributed by atoms with Crippen LogP contribution in [0.25, 0.3) is 11.0 Å². The van der Waals surface area contributed by atoms with Gasteiger partial charge in [0.05, 0.1) is 6.26 Å². The Labute approximate surface area is 118 Å². The largest absolute Gasteiger partial charge is 0.508 e. The number of furan rings is 1. The van der Waals surface area contributed by atoms with Gasteiger partial charge in [0.1, 0.15) is 23.7 Å². The van der Waals surface area contributed by atoms with Gasteiger partial charge in [0.15, 0.2) is 0 Å². The third kappa shape index (κ3) is 2.58. The first-order chi connectivity index (χ1) is 9.22. The van der Waals surface area contributed by atoms with Gasteiger partial charge in [-0.1, -0.05) is 22.0 Å². The van der Waals surface area contributed by atoms with Gasteiger partial charge in [-0.15, -0.1) is 0 Å². The molecular formula is C15H11BrO3. The Hall–Kier alpha value is -1.94. The summed E-state index contributed by atoms with van der Waals surface area (Å²) in [5.74, 6) is 1.00. The lowest BCUT2D eigenvalue weighted by atomic mass is 10.2. The van der Waals surface area contributed by atoms with E-state index >= 15 is 0 Å². The number of hydrogen-bond donors (Lipinski definition) is 1. The molecule has 0 spiro atoms. The minimum Gasteiger partial charge on any atom is -0.508 e. The van der Waals surface area contributed by atoms with Crippen molar-refractivity contribution in [3.63, 3.8) is 0 Å². The Balaban J connectivity index is 1.84. The van der Waals surface area contributed by atoms with Gasteiger partial charge in [0, 0.05) is 15.4 Å². The number of halogens is 1. The van der Waals surface area contributed by atoms with Gasteiger partial charge in [-0.3, -0.25) is 0 Å². The molecule has 0 bridgehead atoms. The summed E-state index contributed by atoms with van der Waals surface area (Å²) in [5.41, 5.74) is 1.65. The van der Waals surface area contributed by atoms with Crippen LogP contribution in [-0.2, 0) is 6.61 Å². The van der Waals surface area contributed by atoms with Crippen LogP contribution in [0.4, 0.5) is 0 Å². The van der Waals surface area contributed by atoms with Crippen LogP contribution in [0.2, 0.25) is 0 Å². The molecule has 0 saturated carbocycles. The maximum Gasteiger partial charge on any atom is 0.134 e. The third-order valence-corrected chi connectivity index (χ3v) is 3.32. The fourth-order valence-corrected chi connectivity index (χ4v) is 2.28. The number of hydrogen-bond acceptors (Lipinski definition) is 3. The molecule has 1 aromatic heterocycles. The Morgan fingerprint density at radius 3 is 2.89 bits per heavy atom. The highest BCUT2D eigenvalue weighted by Gasteiger charge is 2.07. The van der Waals surface area contributed by atoms with Crippen LogP contribution in [0, 0.1) is 0 Å². The van der Waals surface area contributed by atoms with Crippen LogP contribution in [0.15, 0.2) is 57.6 Å². The molecule has 0 aliphatic rings. The van der Waals surface area contributed by atoms with Gasteiger partial charge >= 0.3 is 0 Å². The summed E-state index contributed by atoms with van der Waals surface area (Å²) in [6.07, 6.45) is 1.65. The van der Waals surface area contributed by atoms with E-state index in [-0.39, 0.29) is 5.75 Å². The van der Waals surface area contributed by atoms with E-state index in [0.29, 0.717) is 6.61 Å². The van der Waals surface area contributed by atoms with E-state index in [1.807, 2.05) is 24.3 Å². The Morgan fingerprint density at radius 2 is 2.05 bits per heavy atom. The first-order valence-electron chi connectivity index (χ1n) is 5.80. The summed E-state index contributed by atoms with van der Waals surface area (Å²) in [6, 6.07) is 12.7. The quantitative estimate of drug-likeness (QED) is 0.774. The molecule has 0 aliphatic heterocycles. The summed E-state index contributed by atoms with van der Waals surface area (Å²) in [7, 11) is 0. The molecule has 0 saturated heterocycles. The monoisotopic (exact) mass is 318 g/mol. The number of aromatic hydroxyl groups is 1. The first-order valence-corrected chi connectivity index (χ1v) is 6.59. The van der Waals surface area contributed by atoms with E-state index in [2.05, 4.69) is 15.9 Å². The molecule has 0 aliphatic carbocycles. The first kappa shape index (κ1) is 12.1. The van der Waals surface area contributed by atoms with Gasteiger partial charge in [-0.2, -0.15) is 0 Å². The SMILES string of the molecule is Oc1ccc2occ(COc3cccc(Br)c3)c2c1. The molecule has 0 radical (unpaired) electrons. The van der Waals surface area contributed by atoms with Crippen molar-refractivity contribution in [2.24, 2.45) is 0 Å². The second-order valence-electron chi connectivity index (χ2n) is 4.19. The summed E-state index contributed by atoms with van der Waals surface area (Å²) < 4.78 is 12.1. The lowest BCUT2D eigenvalue weighted by Gasteiger charge is -2.05. The average Bonchev–Trinajstić information content (AvgIpc) is 2.79. The molecule has 96 valence electrons. The van der Waals surface area contributed by atoms with Gasteiger partial charge in [-0.05, 0) is 36.4 Å². The third-order valence-electron chi connectivity index (χ3n) is 2.83. The van der Waals surface area contributed by atoms with E-state index in [1.54, 1.807) is 24.5 Å². The second kappa shape index (κ2) is 4.97. The van der Waals surface area contributed by atoms with Gasteiger partial charge in [0.2, 0.25) is 0 Å². The maximum atomic E-state index is 9.51. The molecule has 0 unspecified atom stereocenters. The predicted octanol–water partition coefficient (Wildman–Crippen LogP) is 4.48. The maximum absolute atomic E-state index is 9.51. The summed E-state index contributed by atoms with van der Waals surface area (Å²) >= 11 is 3.40. The zero-order valence-corrected chi connectivity index (χ0v) is 11.6. The van der Waals surface area contributed by atoms with Crippen molar-refractivity contribution in [1.29, 1.82) is 0 Å². The van der Waals surface area contributed by atoms with Crippen molar-refractivity contribution in [2.75, 3.05) is 0 Å². The fourth-order valence-electron chi connectivity index (χ4n) is 1.90. The lowest BCUT2D eigenvalue weighted by Crippen LogP contribution is -1.94. The van der Waals surface area contributed by atoms with Crippen LogP contribution >= 0.6 is 15.9 Å². The van der Waals surface area contributed by atoms with Gasteiger partial charge in [-0.25, -0.2) is 0 Å². The van der Waals surface area contributed by atoms with Crippen molar-refractivity contribution >= 4 is 26.9 Å². The highest BCUT2D eigenvalue weighted by molar-refractivity contribution is 9.10. The fraction of sp³-hybridized carbons (Fsp3) is 0.0667. The molecule has 2 aromatic carbocycles. The molecule has 0 atom stereocenters. The standard InChI is InChI=1S/C15H11BrO3/c16-11-2-1-3-13(6-11)18-8-10-9-19-15-5-4-12(17)7-14(10)15/h1-7,9,17H,8H2. The number of phenols is 1. The number of rotatable bonds is 3. The topological polar surface area (TPSA) is 42.6 Å². The van der Waals surface area contributed by atoms with Crippen molar-refractivity contribution < 1.29 is 14.3 Å². The Kier molecular flexibility index (Phi) is 3.17. The Bertz CT molecular complexity index is 718. The average molecular weight is 319 g/mol. The molecular weight excluding hydrogens is 308 g/mol. The molecule has 0 fully saturated rings. The van der Waals surface area contributed by atoms with Crippen LogP contribution < -0.4 is 4.74 Å². The molecule has 4 heteroatoms. The van der Waals surface area contributed by atoms with Crippen LogP contribution in [0.1, 0.15) is 5.56 Å². The number of benzene rings is 2. The normalized spacial score (nSPS) is 10.8. The molecule has 0 amide bonds. The molecule has 3 aromatic rings. The summed E-state index contributed by atoms with van der Waals surface area (Å²) in [6.45, 7) is 0.396. The predicted molar refractivity (Wildman–Crippen MR) is 76.4 cm³/mol. The minimum atomic E-state index is 0.220. The summed E-state index contributed by atoms with van der Waals surface area (Å²) in [4.78, 5) is 0. The molecule has 1 N–H and O–H groups in total. The van der Waals surface area contributed by atoms with E-state index in [4.69, 9.17) is 9.15 Å². The van der Waals surface area contributed by atoms with Crippen molar-refractivity contribution in [2.45, 2.75) is 6.61 Å². The lowest BCUT2D eigenvalue weighted by molar-refractivity contribution is 0.306. The van der Waals surface area contributed by atoms with E-state index in [9.17, 15) is 5.11 Å². The van der Waals surface area contributed by atoms with Gasteiger partial charge < -0.3 is 14.3 Å².